The average Bonchev–Trinajstić information content (AvgIpc) is 2.01. The Morgan fingerprint density at radius 1 is 0.443 bits per heavy atom. The molecule has 5 heterocycles. The molecule has 97 heavy (non-hydrogen) atoms. The molecule has 5 atom stereocenters. The van der Waals surface area contributed by atoms with Gasteiger partial charge in [0.15, 0.2) is 46.3 Å². The van der Waals surface area contributed by atoms with Crippen LogP contribution in [0.15, 0.2) is 85.3 Å². The summed E-state index contributed by atoms with van der Waals surface area (Å²) >= 11 is 0. The number of likely N-dealkylation sites (tertiary alicyclic amines) is 2. The first-order valence-electron chi connectivity index (χ1n) is 35.9. The second-order valence-corrected chi connectivity index (χ2v) is 35.6. The van der Waals surface area contributed by atoms with Gasteiger partial charge in [-0.05, 0) is 167 Å². The number of allylic oxidation sites excluding steroid dienone is 7. The minimum absolute atomic E-state index is 0.0674. The summed E-state index contributed by atoms with van der Waals surface area (Å²) in [6, 6.07) is 1.40. The Labute approximate surface area is 592 Å². The molecule has 0 bridgehead atoms. The fraction of sp³-hybridized carbons (Fsp3) is 0.741. The molecule has 5 fully saturated rings. The van der Waals surface area contributed by atoms with Crippen LogP contribution in [0.2, 0.25) is 0 Å². The van der Waals surface area contributed by atoms with Gasteiger partial charge in [-0.3, -0.25) is 43.4 Å². The number of nitrogens with one attached hydrogen (secondary N) is 3. The Kier molecular flexibility index (Phi) is 46.4. The number of likely N-dealkylation sites (N-methyl/N-ethyl adjacent to an activating group) is 3. The van der Waals surface area contributed by atoms with Gasteiger partial charge in [-0.2, -0.15) is 0 Å². The number of morpholine rings is 2. The van der Waals surface area contributed by atoms with E-state index in [1.807, 2.05) is 91.9 Å². The van der Waals surface area contributed by atoms with Crippen LogP contribution in [0.25, 0.3) is 0 Å². The van der Waals surface area contributed by atoms with E-state index in [0.717, 1.165) is 65.3 Å². The molecule has 0 aliphatic carbocycles. The quantitative estimate of drug-likeness (QED) is 0.0922. The van der Waals surface area contributed by atoms with Crippen molar-refractivity contribution >= 4 is 40.5 Å². The van der Waals surface area contributed by atoms with Gasteiger partial charge in [-0.1, -0.05) is 182 Å². The van der Waals surface area contributed by atoms with Gasteiger partial charge in [0.25, 0.3) is 0 Å². The number of rotatable bonds is 21. The number of ether oxygens (including phenoxy) is 2. The lowest BCUT2D eigenvalue weighted by Crippen LogP contribution is -2.39. The van der Waals surface area contributed by atoms with Crippen LogP contribution in [0.1, 0.15) is 229 Å². The molecule has 0 spiro atoms. The van der Waals surface area contributed by atoms with Crippen molar-refractivity contribution in [3.63, 3.8) is 0 Å². The van der Waals surface area contributed by atoms with Crippen molar-refractivity contribution < 1.29 is 47.4 Å². The van der Waals surface area contributed by atoms with Crippen molar-refractivity contribution in [3.05, 3.63) is 85.3 Å². The Hall–Kier alpha value is -4.52. The van der Waals surface area contributed by atoms with Gasteiger partial charge in [-0.15, -0.1) is 0 Å². The monoisotopic (exact) mass is 1360 g/mol. The van der Waals surface area contributed by atoms with Crippen LogP contribution in [0, 0.1) is 37.9 Å². The third kappa shape index (κ3) is 61.1. The topological polar surface area (TPSA) is 184 Å². The standard InChI is InChI=1S/C13H22FNO.C13H23NO.2C12H21NO2.C12H21NO.C11H21NO.C8H14O/c1-13(2,3)9-12(16)11(14)8-10-6-5-7-15(10)4;1-13(2,3)10-12(15)8-7-11-6-5-9-14(11)4;2*1-12(2,3)8-11(14)5-4-10-9-15-7-6-13-10;1-12(2,3)9-11(14)7-6-10-5-4-8-13-10;1-11(2,3)9-10(13)7-6-8-12(4)5;1-5-7(9)6-8(2,3)4/h8,10H,5-7,9H2,1-4H3;7-8,11H,5-6,9-10H2,1-4H3;2*4-5,10,13H,6-9H2,1-3H3;6-7,10,13H,4-5,8-9H2,1-3H3;6-7H,8-9H2,1-5H3;5H,1,6H2,2-4H3/b11-8-;8-7+;5-4+;5-4-;2*7-6+;/t10-;11-;;;10-;;/m11..1../s1. The Morgan fingerprint density at radius 2 is 0.773 bits per heavy atom. The molecule has 0 saturated carbocycles. The second-order valence-electron chi connectivity index (χ2n) is 35.6. The smallest absolute Gasteiger partial charge is 0.191 e. The third-order valence-corrected chi connectivity index (χ3v) is 14.7. The van der Waals surface area contributed by atoms with Crippen LogP contribution < -0.4 is 16.0 Å². The van der Waals surface area contributed by atoms with Crippen molar-refractivity contribution in [3.8, 4) is 0 Å². The fourth-order valence-corrected chi connectivity index (χ4v) is 10.2. The molecule has 5 saturated heterocycles. The molecule has 15 nitrogen and oxygen atoms in total. The highest BCUT2D eigenvalue weighted by Crippen LogP contribution is 2.26. The van der Waals surface area contributed by atoms with Crippen LogP contribution >= 0.6 is 0 Å². The van der Waals surface area contributed by atoms with Gasteiger partial charge in [0.2, 0.25) is 0 Å². The van der Waals surface area contributed by atoms with Crippen molar-refractivity contribution in [2.75, 3.05) is 93.9 Å². The summed E-state index contributed by atoms with van der Waals surface area (Å²) in [5.41, 5.74) is 0.387. The molecule has 0 aromatic rings. The minimum atomic E-state index is -0.561. The van der Waals surface area contributed by atoms with Gasteiger partial charge >= 0.3 is 0 Å². The second kappa shape index (κ2) is 47.6. The van der Waals surface area contributed by atoms with E-state index in [9.17, 15) is 38.0 Å². The van der Waals surface area contributed by atoms with Crippen molar-refractivity contribution in [1.82, 2.24) is 30.7 Å². The Morgan fingerprint density at radius 3 is 1.06 bits per heavy atom. The molecule has 0 aromatic carbocycles. The first kappa shape index (κ1) is 94.5. The molecule has 0 radical (unpaired) electrons. The maximum atomic E-state index is 13.6. The molecule has 2 unspecified atom stereocenters. The Balaban J connectivity index is 0. The molecular formula is C81H143FN6O9. The van der Waals surface area contributed by atoms with E-state index in [4.69, 9.17) is 9.47 Å². The highest BCUT2D eigenvalue weighted by molar-refractivity contribution is 5.94. The average molecular weight is 1360 g/mol. The predicted molar refractivity (Wildman–Crippen MR) is 405 cm³/mol. The number of nitrogens with zero attached hydrogens (tertiary/aromatic N) is 3. The summed E-state index contributed by atoms with van der Waals surface area (Å²) < 4.78 is 24.2. The number of hydrogen-bond donors (Lipinski definition) is 3. The van der Waals surface area contributed by atoms with Gasteiger partial charge in [0.1, 0.15) is 0 Å². The lowest BCUT2D eigenvalue weighted by Gasteiger charge is -2.21. The SMILES string of the molecule is C=CC(=O)CC(C)(C)C.CC(C)(C)CC(=O)/C=C/C1COCCN1.CC(C)(C)CC(=O)/C=C/[C@H]1CCCN1.CC(C)(C)CC(=O)/C=C\C1COCCN1.CN(C)C/C=C/C(=O)CC(C)(C)C.CN1CCC[C@@H]1/C=C(\F)C(=O)CC(C)(C)C.CN1CCC[C@@H]1/C=C/C(=O)CC(C)(C)C. The number of hydrogen-bond acceptors (Lipinski definition) is 15. The molecule has 0 aromatic heterocycles. The minimum Gasteiger partial charge on any atom is -0.378 e. The van der Waals surface area contributed by atoms with Crippen LogP contribution in [-0.4, -0.2) is 179 Å². The van der Waals surface area contributed by atoms with Crippen molar-refractivity contribution in [2.24, 2.45) is 37.9 Å². The molecule has 5 rings (SSSR count). The molecule has 3 N–H and O–H groups in total. The van der Waals surface area contributed by atoms with E-state index in [-0.39, 0.29) is 103 Å². The number of carbonyl (C=O) groups is 7. The summed E-state index contributed by atoms with van der Waals surface area (Å²) in [7, 11) is 8.06. The van der Waals surface area contributed by atoms with E-state index < -0.39 is 5.83 Å². The number of halogens is 1. The van der Waals surface area contributed by atoms with Crippen molar-refractivity contribution in [2.45, 2.75) is 259 Å². The summed E-state index contributed by atoms with van der Waals surface area (Å²) in [4.78, 5) is 86.3. The van der Waals surface area contributed by atoms with Gasteiger partial charge in [-0.25, -0.2) is 4.39 Å². The van der Waals surface area contributed by atoms with Crippen LogP contribution in [0.4, 0.5) is 4.39 Å². The zero-order chi connectivity index (χ0) is 75.0. The largest absolute Gasteiger partial charge is 0.378 e. The molecule has 5 aliphatic heterocycles. The van der Waals surface area contributed by atoms with Crippen LogP contribution in [0.3, 0.4) is 0 Å². The summed E-state index contributed by atoms with van der Waals surface area (Å²) in [5.74, 6) is 0.289. The van der Waals surface area contributed by atoms with E-state index in [1.165, 1.54) is 37.8 Å². The third-order valence-electron chi connectivity index (χ3n) is 14.7. The van der Waals surface area contributed by atoms with E-state index >= 15 is 0 Å². The number of carbonyl (C=O) groups excluding carboxylic acids is 7. The normalized spacial score (nSPS) is 20.9. The summed E-state index contributed by atoms with van der Waals surface area (Å²) in [6.45, 7) is 55.2. The fourth-order valence-electron chi connectivity index (χ4n) is 10.2. The highest BCUT2D eigenvalue weighted by atomic mass is 19.1. The van der Waals surface area contributed by atoms with E-state index in [1.54, 1.807) is 30.4 Å². The molecule has 5 aliphatic rings. The lowest BCUT2D eigenvalue weighted by molar-refractivity contribution is -0.119. The van der Waals surface area contributed by atoms with Gasteiger partial charge in [0, 0.05) is 94.8 Å². The molecular weight excluding hydrogens is 1220 g/mol. The first-order chi connectivity index (χ1) is 44.4. The number of Topliss-reactive ketones (excluding diaryl/α,β-unsaturated/α-hetero) is 1. The Bertz CT molecular complexity index is 2440. The zero-order valence-electron chi connectivity index (χ0n) is 66.2. The van der Waals surface area contributed by atoms with Crippen LogP contribution in [-0.2, 0) is 43.0 Å². The highest BCUT2D eigenvalue weighted by Gasteiger charge is 2.25. The molecule has 0 amide bonds. The summed E-state index contributed by atoms with van der Waals surface area (Å²) in [6.07, 6.45) is 32.1. The maximum absolute atomic E-state index is 13.6. The van der Waals surface area contributed by atoms with Gasteiger partial charge in [0.05, 0.1) is 26.4 Å². The van der Waals surface area contributed by atoms with Crippen LogP contribution in [0.5, 0.6) is 0 Å². The molecule has 16 heteroatoms. The molecule has 558 valence electrons. The van der Waals surface area contributed by atoms with Gasteiger partial charge < -0.3 is 30.3 Å². The van der Waals surface area contributed by atoms with Crippen molar-refractivity contribution in [1.29, 1.82) is 0 Å². The first-order valence-corrected chi connectivity index (χ1v) is 35.9. The predicted octanol–water partition coefficient (Wildman–Crippen LogP) is 15.2. The lowest BCUT2D eigenvalue weighted by atomic mass is 9.89. The zero-order valence-corrected chi connectivity index (χ0v) is 66.2. The van der Waals surface area contributed by atoms with E-state index in [2.05, 4.69) is 149 Å². The maximum Gasteiger partial charge on any atom is 0.191 e. The number of ketones is 7. The summed E-state index contributed by atoms with van der Waals surface area (Å²) in [5, 5.41) is 9.88. The van der Waals surface area contributed by atoms with E-state index in [0.29, 0.717) is 63.8 Å².